The molecule has 36 heavy (non-hydrogen) atoms. The number of nitrogens with zero attached hydrogens (tertiary/aromatic N) is 3. The van der Waals surface area contributed by atoms with E-state index >= 15 is 0 Å². The highest BCUT2D eigenvalue weighted by Gasteiger charge is 2.40. The number of sulfone groups is 1. The average molecular weight is 513 g/mol. The quantitative estimate of drug-likeness (QED) is 0.488. The Balaban J connectivity index is 1.64. The van der Waals surface area contributed by atoms with Crippen molar-refractivity contribution in [1.29, 1.82) is 0 Å². The highest BCUT2D eigenvalue weighted by Crippen LogP contribution is 2.39. The maximum Gasteiger partial charge on any atom is 0.253 e. The fourth-order valence-corrected chi connectivity index (χ4v) is 6.11. The zero-order chi connectivity index (χ0) is 26.1. The number of amides is 1. The molecule has 1 amide bonds. The van der Waals surface area contributed by atoms with Gasteiger partial charge in [-0.2, -0.15) is 0 Å². The molecule has 3 heterocycles. The number of primary amides is 1. The zero-order valence-corrected chi connectivity index (χ0v) is 21.3. The lowest BCUT2D eigenvalue weighted by molar-refractivity contribution is 0.0997. The lowest BCUT2D eigenvalue weighted by Gasteiger charge is -2.33. The number of benzene rings is 1. The molecule has 0 radical (unpaired) electrons. The van der Waals surface area contributed by atoms with Gasteiger partial charge in [0, 0.05) is 30.8 Å². The lowest BCUT2D eigenvalue weighted by Crippen LogP contribution is -2.40. The molecule has 2 N–H and O–H groups in total. The fraction of sp³-hybridized carbons (Fsp3) is 0.346. The van der Waals surface area contributed by atoms with Crippen molar-refractivity contribution in [2.75, 3.05) is 18.1 Å². The van der Waals surface area contributed by atoms with Crippen LogP contribution in [0.25, 0.3) is 0 Å². The number of anilines is 1. The molecule has 1 aliphatic heterocycles. The standard InChI is InChI=1S/C26H29FN4O4S/c1-17-15-26(2,3)31(16-17)25-23(24(28)32)20(11-13-29-25)36(33,34)22-6-4-5-21(30-22)35-14-12-18-7-9-19(27)10-8-18/h4-11,13,17H,12,14-16H2,1-3H3,(H2,28,32). The molecule has 2 aromatic heterocycles. The zero-order valence-electron chi connectivity index (χ0n) is 20.4. The van der Waals surface area contributed by atoms with Crippen LogP contribution in [-0.4, -0.2) is 43.0 Å². The molecule has 0 spiro atoms. The Labute approximate surface area is 210 Å². The summed E-state index contributed by atoms with van der Waals surface area (Å²) in [6, 6.07) is 11.7. The van der Waals surface area contributed by atoms with Gasteiger partial charge in [-0.25, -0.2) is 22.8 Å². The van der Waals surface area contributed by atoms with Crippen molar-refractivity contribution < 1.29 is 22.3 Å². The Morgan fingerprint density at radius 2 is 1.92 bits per heavy atom. The van der Waals surface area contributed by atoms with Crippen molar-refractivity contribution in [1.82, 2.24) is 9.97 Å². The number of pyridine rings is 2. The topological polar surface area (TPSA) is 115 Å². The van der Waals surface area contributed by atoms with Crippen LogP contribution < -0.4 is 15.4 Å². The summed E-state index contributed by atoms with van der Waals surface area (Å²) >= 11 is 0. The molecule has 1 unspecified atom stereocenters. The molecule has 10 heteroatoms. The van der Waals surface area contributed by atoms with Crippen LogP contribution in [0.2, 0.25) is 0 Å². The molecule has 1 fully saturated rings. The predicted molar refractivity (Wildman–Crippen MR) is 133 cm³/mol. The second-order valence-corrected chi connectivity index (χ2v) is 11.5. The van der Waals surface area contributed by atoms with Gasteiger partial charge in [0.25, 0.3) is 5.91 Å². The molecule has 8 nitrogen and oxygen atoms in total. The van der Waals surface area contributed by atoms with E-state index in [1.807, 2.05) is 18.7 Å². The Bertz CT molecular complexity index is 1380. The molecule has 0 aliphatic carbocycles. The minimum atomic E-state index is -4.22. The van der Waals surface area contributed by atoms with E-state index in [-0.39, 0.29) is 45.1 Å². The first-order valence-corrected chi connectivity index (χ1v) is 13.1. The average Bonchev–Trinajstić information content (AvgIpc) is 3.11. The van der Waals surface area contributed by atoms with Gasteiger partial charge in [0.2, 0.25) is 15.7 Å². The van der Waals surface area contributed by atoms with Gasteiger partial charge in [0.05, 0.1) is 11.5 Å². The number of rotatable bonds is 8. The molecule has 1 saturated heterocycles. The summed E-state index contributed by atoms with van der Waals surface area (Å²) in [5.74, 6) is -0.490. The van der Waals surface area contributed by atoms with Gasteiger partial charge in [-0.3, -0.25) is 4.79 Å². The first-order valence-electron chi connectivity index (χ1n) is 11.6. The third-order valence-corrected chi connectivity index (χ3v) is 7.98. The van der Waals surface area contributed by atoms with E-state index in [1.165, 1.54) is 36.5 Å². The van der Waals surface area contributed by atoms with Crippen molar-refractivity contribution in [3.05, 3.63) is 71.7 Å². The molecule has 1 atom stereocenters. The van der Waals surface area contributed by atoms with Crippen LogP contribution >= 0.6 is 0 Å². The summed E-state index contributed by atoms with van der Waals surface area (Å²) in [4.78, 5) is 22.8. The number of ether oxygens (including phenoxy) is 1. The number of hydrogen-bond acceptors (Lipinski definition) is 7. The van der Waals surface area contributed by atoms with E-state index in [9.17, 15) is 17.6 Å². The number of hydrogen-bond donors (Lipinski definition) is 1. The SMILES string of the molecule is CC1CN(c2nccc(S(=O)(=O)c3cccc(OCCc4ccc(F)cc4)n3)c2C(N)=O)C(C)(C)C1. The number of carbonyl (C=O) groups excluding carboxylic acids is 1. The third-order valence-electron chi connectivity index (χ3n) is 6.28. The first kappa shape index (κ1) is 25.6. The predicted octanol–water partition coefficient (Wildman–Crippen LogP) is 3.79. The van der Waals surface area contributed by atoms with Crippen molar-refractivity contribution in [3.63, 3.8) is 0 Å². The van der Waals surface area contributed by atoms with E-state index in [4.69, 9.17) is 10.5 Å². The highest BCUT2D eigenvalue weighted by atomic mass is 32.2. The minimum absolute atomic E-state index is 0.114. The summed E-state index contributed by atoms with van der Waals surface area (Å²) in [6.45, 7) is 6.99. The van der Waals surface area contributed by atoms with Gasteiger partial charge in [-0.15, -0.1) is 0 Å². The molecular weight excluding hydrogens is 483 g/mol. The lowest BCUT2D eigenvalue weighted by atomic mass is 9.97. The van der Waals surface area contributed by atoms with E-state index in [0.29, 0.717) is 18.9 Å². The number of carbonyl (C=O) groups is 1. The third kappa shape index (κ3) is 5.18. The molecule has 1 aromatic carbocycles. The van der Waals surface area contributed by atoms with Crippen LogP contribution in [0.15, 0.2) is 64.6 Å². The first-order chi connectivity index (χ1) is 17.0. The smallest absolute Gasteiger partial charge is 0.253 e. The van der Waals surface area contributed by atoms with Crippen molar-refractivity contribution >= 4 is 21.6 Å². The minimum Gasteiger partial charge on any atom is -0.477 e. The van der Waals surface area contributed by atoms with Crippen LogP contribution in [0.4, 0.5) is 10.2 Å². The Hall–Kier alpha value is -3.53. The molecule has 3 aromatic rings. The van der Waals surface area contributed by atoms with Crippen molar-refractivity contribution in [2.24, 2.45) is 11.7 Å². The largest absolute Gasteiger partial charge is 0.477 e. The van der Waals surface area contributed by atoms with Crippen LogP contribution in [0.1, 0.15) is 43.1 Å². The van der Waals surface area contributed by atoms with Gasteiger partial charge < -0.3 is 15.4 Å². The number of nitrogens with two attached hydrogens (primary N) is 1. The van der Waals surface area contributed by atoms with Gasteiger partial charge in [-0.1, -0.05) is 25.1 Å². The Morgan fingerprint density at radius 3 is 2.56 bits per heavy atom. The molecule has 190 valence electrons. The normalized spacial score (nSPS) is 17.2. The van der Waals surface area contributed by atoms with Gasteiger partial charge in [0.15, 0.2) is 5.03 Å². The maximum atomic E-state index is 13.6. The van der Waals surface area contributed by atoms with E-state index in [1.54, 1.807) is 18.2 Å². The molecule has 1 aliphatic rings. The van der Waals surface area contributed by atoms with Gasteiger partial charge >= 0.3 is 0 Å². The van der Waals surface area contributed by atoms with Gasteiger partial charge in [0.1, 0.15) is 17.2 Å². The summed E-state index contributed by atoms with van der Waals surface area (Å²) < 4.78 is 46.0. The van der Waals surface area contributed by atoms with E-state index in [2.05, 4.69) is 16.9 Å². The monoisotopic (exact) mass is 512 g/mol. The van der Waals surface area contributed by atoms with Crippen LogP contribution in [0.5, 0.6) is 5.88 Å². The second kappa shape index (κ2) is 9.85. The van der Waals surface area contributed by atoms with E-state index in [0.717, 1.165) is 12.0 Å². The van der Waals surface area contributed by atoms with Crippen LogP contribution in [-0.2, 0) is 16.3 Å². The summed E-state index contributed by atoms with van der Waals surface area (Å²) in [5.41, 5.74) is 6.10. The summed E-state index contributed by atoms with van der Waals surface area (Å²) in [7, 11) is -4.22. The summed E-state index contributed by atoms with van der Waals surface area (Å²) in [6.07, 6.45) is 2.72. The second-order valence-electron chi connectivity index (χ2n) is 9.65. The highest BCUT2D eigenvalue weighted by molar-refractivity contribution is 7.91. The van der Waals surface area contributed by atoms with Crippen molar-refractivity contribution in [2.45, 2.75) is 49.1 Å². The molecular formula is C26H29FN4O4S. The van der Waals surface area contributed by atoms with Gasteiger partial charge in [-0.05, 0) is 56.0 Å². The maximum absolute atomic E-state index is 13.6. The Morgan fingerprint density at radius 1 is 1.19 bits per heavy atom. The fourth-order valence-electron chi connectivity index (χ4n) is 4.72. The van der Waals surface area contributed by atoms with E-state index < -0.39 is 15.7 Å². The molecule has 0 saturated carbocycles. The van der Waals surface area contributed by atoms with Crippen molar-refractivity contribution in [3.8, 4) is 5.88 Å². The number of aromatic nitrogens is 2. The van der Waals surface area contributed by atoms with Crippen LogP contribution in [0, 0.1) is 11.7 Å². The number of halogens is 1. The molecule has 4 rings (SSSR count). The summed E-state index contributed by atoms with van der Waals surface area (Å²) in [5, 5.41) is -0.268. The Kier molecular flexibility index (Phi) is 6.99. The molecule has 0 bridgehead atoms. The van der Waals surface area contributed by atoms with Crippen LogP contribution in [0.3, 0.4) is 0 Å².